The standard InChI is InChI=1S/C19H20N4O2/c1-12-18(13(2)25-22-12)19(24)21-15-8-4-3-7-14(15)16-11-23-10-6-5-9-17(23)20-16/h3-4,7-8,11H,5-6,9-10H2,1-2H3,(H,21,24). The van der Waals surface area contributed by atoms with Gasteiger partial charge in [0.2, 0.25) is 0 Å². The van der Waals surface area contributed by atoms with Crippen LogP contribution in [-0.2, 0) is 13.0 Å². The maximum absolute atomic E-state index is 12.7. The van der Waals surface area contributed by atoms with Crippen LogP contribution in [0.15, 0.2) is 35.0 Å². The van der Waals surface area contributed by atoms with Gasteiger partial charge >= 0.3 is 0 Å². The summed E-state index contributed by atoms with van der Waals surface area (Å²) in [5.41, 5.74) is 3.63. The molecule has 25 heavy (non-hydrogen) atoms. The number of amides is 1. The molecule has 1 aliphatic heterocycles. The summed E-state index contributed by atoms with van der Waals surface area (Å²) in [6.07, 6.45) is 5.46. The lowest BCUT2D eigenvalue weighted by Crippen LogP contribution is -2.14. The second kappa shape index (κ2) is 6.20. The molecule has 128 valence electrons. The number of nitrogens with one attached hydrogen (secondary N) is 1. The SMILES string of the molecule is Cc1noc(C)c1C(=O)Nc1ccccc1-c1cn2c(n1)CCCC2. The van der Waals surface area contributed by atoms with Gasteiger partial charge in [0.25, 0.3) is 5.91 Å². The summed E-state index contributed by atoms with van der Waals surface area (Å²) < 4.78 is 7.31. The van der Waals surface area contributed by atoms with Crippen LogP contribution in [0.25, 0.3) is 11.3 Å². The number of hydrogen-bond acceptors (Lipinski definition) is 4. The predicted octanol–water partition coefficient (Wildman–Crippen LogP) is 3.74. The van der Waals surface area contributed by atoms with Crippen LogP contribution in [0.3, 0.4) is 0 Å². The normalized spacial score (nSPS) is 13.5. The first kappa shape index (κ1) is 15.6. The van der Waals surface area contributed by atoms with Gasteiger partial charge in [0.1, 0.15) is 17.1 Å². The summed E-state index contributed by atoms with van der Waals surface area (Å²) in [6.45, 7) is 4.51. The van der Waals surface area contributed by atoms with Gasteiger partial charge in [0, 0.05) is 24.7 Å². The van der Waals surface area contributed by atoms with Crippen molar-refractivity contribution in [2.75, 3.05) is 5.32 Å². The van der Waals surface area contributed by atoms with Crippen molar-refractivity contribution in [1.82, 2.24) is 14.7 Å². The van der Waals surface area contributed by atoms with Gasteiger partial charge in [-0.2, -0.15) is 0 Å². The molecule has 1 aliphatic rings. The molecule has 0 saturated heterocycles. The molecule has 6 nitrogen and oxygen atoms in total. The predicted molar refractivity (Wildman–Crippen MR) is 94.5 cm³/mol. The van der Waals surface area contributed by atoms with E-state index in [1.807, 2.05) is 24.3 Å². The molecule has 0 bridgehead atoms. The Labute approximate surface area is 145 Å². The average molecular weight is 336 g/mol. The van der Waals surface area contributed by atoms with Crippen LogP contribution >= 0.6 is 0 Å². The molecule has 0 aliphatic carbocycles. The number of anilines is 1. The lowest BCUT2D eigenvalue weighted by atomic mass is 10.1. The Morgan fingerprint density at radius 2 is 2.08 bits per heavy atom. The molecule has 1 aromatic carbocycles. The van der Waals surface area contributed by atoms with Crippen molar-refractivity contribution in [1.29, 1.82) is 0 Å². The Hall–Kier alpha value is -2.89. The molecule has 0 unspecified atom stereocenters. The monoisotopic (exact) mass is 336 g/mol. The third kappa shape index (κ3) is 2.84. The van der Waals surface area contributed by atoms with Gasteiger partial charge in [0.05, 0.1) is 17.1 Å². The number of aromatic nitrogens is 3. The van der Waals surface area contributed by atoms with Gasteiger partial charge in [-0.25, -0.2) is 4.98 Å². The van der Waals surface area contributed by atoms with Crippen molar-refractivity contribution in [2.45, 2.75) is 39.7 Å². The number of fused-ring (bicyclic) bond motifs is 1. The molecule has 1 amide bonds. The van der Waals surface area contributed by atoms with Crippen molar-refractivity contribution in [3.8, 4) is 11.3 Å². The van der Waals surface area contributed by atoms with Crippen LogP contribution in [0.2, 0.25) is 0 Å². The Morgan fingerprint density at radius 1 is 1.24 bits per heavy atom. The van der Waals surface area contributed by atoms with Gasteiger partial charge in [-0.05, 0) is 32.8 Å². The molecule has 0 saturated carbocycles. The number of rotatable bonds is 3. The number of hydrogen-bond donors (Lipinski definition) is 1. The summed E-state index contributed by atoms with van der Waals surface area (Å²) in [6, 6.07) is 7.74. The Bertz CT molecular complexity index is 896. The van der Waals surface area contributed by atoms with Crippen LogP contribution in [0.5, 0.6) is 0 Å². The van der Waals surface area contributed by atoms with E-state index in [1.165, 1.54) is 12.8 Å². The van der Waals surface area contributed by atoms with Gasteiger partial charge < -0.3 is 14.4 Å². The lowest BCUT2D eigenvalue weighted by molar-refractivity contribution is 0.102. The Kier molecular flexibility index (Phi) is 3.87. The number of carbonyl (C=O) groups is 1. The molecule has 0 radical (unpaired) electrons. The molecule has 4 rings (SSSR count). The second-order valence-corrected chi connectivity index (χ2v) is 6.39. The fourth-order valence-corrected chi connectivity index (χ4v) is 3.35. The van der Waals surface area contributed by atoms with Gasteiger partial charge in [-0.15, -0.1) is 0 Å². The third-order valence-electron chi connectivity index (χ3n) is 4.62. The molecular weight excluding hydrogens is 316 g/mol. The van der Waals surface area contributed by atoms with Crippen molar-refractivity contribution in [3.63, 3.8) is 0 Å². The first-order valence-electron chi connectivity index (χ1n) is 8.53. The molecule has 0 spiro atoms. The number of benzene rings is 1. The maximum Gasteiger partial charge on any atom is 0.261 e. The van der Waals surface area contributed by atoms with E-state index in [4.69, 9.17) is 9.51 Å². The van der Waals surface area contributed by atoms with Gasteiger partial charge in [-0.3, -0.25) is 4.79 Å². The molecule has 2 aromatic heterocycles. The zero-order chi connectivity index (χ0) is 17.4. The van der Waals surface area contributed by atoms with Crippen LogP contribution < -0.4 is 5.32 Å². The van der Waals surface area contributed by atoms with E-state index in [0.29, 0.717) is 17.0 Å². The number of imidazole rings is 1. The first-order valence-corrected chi connectivity index (χ1v) is 8.53. The largest absolute Gasteiger partial charge is 0.361 e. The van der Waals surface area contributed by atoms with Crippen LogP contribution in [0.1, 0.15) is 40.5 Å². The molecule has 0 atom stereocenters. The summed E-state index contributed by atoms with van der Waals surface area (Å²) in [5.74, 6) is 1.42. The van der Waals surface area contributed by atoms with Crippen LogP contribution in [0.4, 0.5) is 5.69 Å². The minimum Gasteiger partial charge on any atom is -0.361 e. The lowest BCUT2D eigenvalue weighted by Gasteiger charge is -2.11. The van der Waals surface area contributed by atoms with Crippen LogP contribution in [0, 0.1) is 13.8 Å². The van der Waals surface area contributed by atoms with E-state index in [0.717, 1.165) is 35.7 Å². The van der Waals surface area contributed by atoms with E-state index in [-0.39, 0.29) is 5.91 Å². The summed E-state index contributed by atoms with van der Waals surface area (Å²) in [7, 11) is 0. The third-order valence-corrected chi connectivity index (χ3v) is 4.62. The van der Waals surface area contributed by atoms with E-state index in [9.17, 15) is 4.79 Å². The minimum atomic E-state index is -0.215. The van der Waals surface area contributed by atoms with Gasteiger partial charge in [-0.1, -0.05) is 23.4 Å². The Morgan fingerprint density at radius 3 is 2.84 bits per heavy atom. The van der Waals surface area contributed by atoms with E-state index < -0.39 is 0 Å². The molecule has 1 N–H and O–H groups in total. The Balaban J connectivity index is 1.68. The zero-order valence-electron chi connectivity index (χ0n) is 14.4. The molecule has 6 heteroatoms. The highest BCUT2D eigenvalue weighted by Crippen LogP contribution is 2.29. The fraction of sp³-hybridized carbons (Fsp3) is 0.316. The molecular formula is C19H20N4O2. The zero-order valence-corrected chi connectivity index (χ0v) is 14.4. The highest BCUT2D eigenvalue weighted by atomic mass is 16.5. The molecule has 3 heterocycles. The number of carbonyl (C=O) groups excluding carboxylic acids is 1. The highest BCUT2D eigenvalue weighted by molar-refractivity contribution is 6.07. The smallest absolute Gasteiger partial charge is 0.261 e. The first-order chi connectivity index (χ1) is 12.1. The topological polar surface area (TPSA) is 73.0 Å². The second-order valence-electron chi connectivity index (χ2n) is 6.39. The summed E-state index contributed by atoms with van der Waals surface area (Å²) in [4.78, 5) is 17.4. The quantitative estimate of drug-likeness (QED) is 0.791. The summed E-state index contributed by atoms with van der Waals surface area (Å²) in [5, 5.41) is 6.84. The molecule has 3 aromatic rings. The average Bonchev–Trinajstić information content (AvgIpc) is 3.18. The van der Waals surface area contributed by atoms with Crippen molar-refractivity contribution >= 4 is 11.6 Å². The van der Waals surface area contributed by atoms with Crippen molar-refractivity contribution in [2.24, 2.45) is 0 Å². The van der Waals surface area contributed by atoms with Crippen LogP contribution in [-0.4, -0.2) is 20.6 Å². The number of para-hydroxylation sites is 1. The van der Waals surface area contributed by atoms with E-state index in [2.05, 4.69) is 21.2 Å². The van der Waals surface area contributed by atoms with E-state index in [1.54, 1.807) is 13.8 Å². The fourth-order valence-electron chi connectivity index (χ4n) is 3.35. The number of aryl methyl sites for hydroxylation is 4. The molecule has 0 fully saturated rings. The van der Waals surface area contributed by atoms with E-state index >= 15 is 0 Å². The number of nitrogens with zero attached hydrogens (tertiary/aromatic N) is 3. The maximum atomic E-state index is 12.7. The van der Waals surface area contributed by atoms with Crippen molar-refractivity contribution < 1.29 is 9.32 Å². The van der Waals surface area contributed by atoms with Crippen molar-refractivity contribution in [3.05, 3.63) is 53.3 Å². The highest BCUT2D eigenvalue weighted by Gasteiger charge is 2.20. The van der Waals surface area contributed by atoms with Gasteiger partial charge in [0.15, 0.2) is 0 Å². The minimum absolute atomic E-state index is 0.215. The summed E-state index contributed by atoms with van der Waals surface area (Å²) >= 11 is 0.